The van der Waals surface area contributed by atoms with Crippen LogP contribution in [0.1, 0.15) is 17.3 Å². The summed E-state index contributed by atoms with van der Waals surface area (Å²) in [5.74, 6) is 0. The van der Waals surface area contributed by atoms with E-state index in [4.69, 9.17) is 5.73 Å². The van der Waals surface area contributed by atoms with Gasteiger partial charge in [0, 0.05) is 11.9 Å². The largest absolute Gasteiger partial charge is 0.363 e. The van der Waals surface area contributed by atoms with E-state index in [1.807, 2.05) is 19.2 Å². The fourth-order valence-electron chi connectivity index (χ4n) is 0.845. The standard InChI is InChI=1S/C8H12N2/c1-3-7(9)8-4-6(2)5-10-8/h3-5,7,10H,1,9H2,2H3. The van der Waals surface area contributed by atoms with Crippen LogP contribution >= 0.6 is 0 Å². The summed E-state index contributed by atoms with van der Waals surface area (Å²) in [4.78, 5) is 3.06. The first-order valence-corrected chi connectivity index (χ1v) is 3.27. The summed E-state index contributed by atoms with van der Waals surface area (Å²) in [5.41, 5.74) is 7.88. The van der Waals surface area contributed by atoms with Gasteiger partial charge in [-0.1, -0.05) is 6.08 Å². The van der Waals surface area contributed by atoms with E-state index in [1.54, 1.807) is 6.08 Å². The molecule has 0 fully saturated rings. The third-order valence-electron chi connectivity index (χ3n) is 1.46. The van der Waals surface area contributed by atoms with Crippen LogP contribution in [0.3, 0.4) is 0 Å². The summed E-state index contributed by atoms with van der Waals surface area (Å²) >= 11 is 0. The first-order chi connectivity index (χ1) is 4.74. The van der Waals surface area contributed by atoms with Gasteiger partial charge in [0.15, 0.2) is 0 Å². The number of aryl methyl sites for hydroxylation is 1. The molecule has 1 unspecified atom stereocenters. The van der Waals surface area contributed by atoms with Gasteiger partial charge in [0.25, 0.3) is 0 Å². The van der Waals surface area contributed by atoms with Crippen LogP contribution in [-0.2, 0) is 0 Å². The number of aromatic amines is 1. The molecule has 1 aromatic rings. The van der Waals surface area contributed by atoms with Crippen molar-refractivity contribution in [2.75, 3.05) is 0 Å². The Morgan fingerprint density at radius 2 is 2.50 bits per heavy atom. The second-order valence-electron chi connectivity index (χ2n) is 2.39. The Balaban J connectivity index is 2.84. The molecule has 3 N–H and O–H groups in total. The second-order valence-corrected chi connectivity index (χ2v) is 2.39. The van der Waals surface area contributed by atoms with E-state index in [0.717, 1.165) is 5.69 Å². The Kier molecular flexibility index (Phi) is 1.92. The van der Waals surface area contributed by atoms with Gasteiger partial charge in [-0.25, -0.2) is 0 Å². The van der Waals surface area contributed by atoms with Crippen LogP contribution in [0, 0.1) is 6.92 Å². The summed E-state index contributed by atoms with van der Waals surface area (Å²) in [6, 6.07) is 1.96. The number of hydrogen-bond donors (Lipinski definition) is 2. The molecule has 2 nitrogen and oxygen atoms in total. The van der Waals surface area contributed by atoms with Crippen LogP contribution in [0.25, 0.3) is 0 Å². The molecule has 0 aliphatic carbocycles. The zero-order valence-corrected chi connectivity index (χ0v) is 6.09. The molecule has 0 radical (unpaired) electrons. The van der Waals surface area contributed by atoms with E-state index in [1.165, 1.54) is 5.56 Å². The van der Waals surface area contributed by atoms with Gasteiger partial charge >= 0.3 is 0 Å². The van der Waals surface area contributed by atoms with Crippen LogP contribution in [-0.4, -0.2) is 4.98 Å². The minimum Gasteiger partial charge on any atom is -0.363 e. The number of nitrogens with two attached hydrogens (primary N) is 1. The maximum Gasteiger partial charge on any atom is 0.0631 e. The fraction of sp³-hybridized carbons (Fsp3) is 0.250. The zero-order valence-electron chi connectivity index (χ0n) is 6.09. The second kappa shape index (κ2) is 2.71. The summed E-state index contributed by atoms with van der Waals surface area (Å²) < 4.78 is 0. The lowest BCUT2D eigenvalue weighted by Crippen LogP contribution is -2.06. The molecule has 1 aromatic heterocycles. The van der Waals surface area contributed by atoms with E-state index in [2.05, 4.69) is 11.6 Å². The van der Waals surface area contributed by atoms with Gasteiger partial charge in [-0.15, -0.1) is 6.58 Å². The Morgan fingerprint density at radius 1 is 1.80 bits per heavy atom. The smallest absolute Gasteiger partial charge is 0.0631 e. The zero-order chi connectivity index (χ0) is 7.56. The van der Waals surface area contributed by atoms with Crippen molar-refractivity contribution in [2.24, 2.45) is 5.73 Å². The van der Waals surface area contributed by atoms with Gasteiger partial charge in [0.2, 0.25) is 0 Å². The molecular weight excluding hydrogens is 124 g/mol. The van der Waals surface area contributed by atoms with Crippen molar-refractivity contribution in [1.82, 2.24) is 4.98 Å². The molecule has 0 saturated heterocycles. The highest BCUT2D eigenvalue weighted by Crippen LogP contribution is 2.09. The van der Waals surface area contributed by atoms with Crippen molar-refractivity contribution >= 4 is 0 Å². The molecule has 1 rings (SSSR count). The maximum absolute atomic E-state index is 5.66. The Morgan fingerprint density at radius 3 is 2.90 bits per heavy atom. The monoisotopic (exact) mass is 136 g/mol. The van der Waals surface area contributed by atoms with E-state index < -0.39 is 0 Å². The predicted octanol–water partition coefficient (Wildman–Crippen LogP) is 1.51. The molecule has 2 heteroatoms. The first-order valence-electron chi connectivity index (χ1n) is 3.27. The summed E-state index contributed by atoms with van der Waals surface area (Å²) in [6.45, 7) is 5.62. The predicted molar refractivity (Wildman–Crippen MR) is 42.7 cm³/mol. The minimum atomic E-state index is -0.0614. The Hall–Kier alpha value is -1.02. The highest BCUT2D eigenvalue weighted by Gasteiger charge is 2.00. The molecule has 0 saturated carbocycles. The van der Waals surface area contributed by atoms with E-state index in [9.17, 15) is 0 Å². The SMILES string of the molecule is C=CC(N)c1cc(C)c[nH]1. The van der Waals surface area contributed by atoms with Crippen LogP contribution in [0.4, 0.5) is 0 Å². The third kappa shape index (κ3) is 1.28. The van der Waals surface area contributed by atoms with E-state index >= 15 is 0 Å². The molecule has 10 heavy (non-hydrogen) atoms. The van der Waals surface area contributed by atoms with Crippen LogP contribution in [0.5, 0.6) is 0 Å². The highest BCUT2D eigenvalue weighted by atomic mass is 14.8. The fourth-order valence-corrected chi connectivity index (χ4v) is 0.845. The minimum absolute atomic E-state index is 0.0614. The number of aromatic nitrogens is 1. The molecule has 0 aliphatic heterocycles. The molecule has 0 spiro atoms. The lowest BCUT2D eigenvalue weighted by Gasteiger charge is -2.00. The van der Waals surface area contributed by atoms with Crippen LogP contribution in [0.15, 0.2) is 24.9 Å². The summed E-state index contributed by atoms with van der Waals surface area (Å²) in [7, 11) is 0. The highest BCUT2D eigenvalue weighted by molar-refractivity contribution is 5.20. The molecule has 54 valence electrons. The van der Waals surface area contributed by atoms with Gasteiger partial charge in [0.1, 0.15) is 0 Å². The molecule has 1 heterocycles. The van der Waals surface area contributed by atoms with Crippen molar-refractivity contribution in [3.63, 3.8) is 0 Å². The number of nitrogens with one attached hydrogen (secondary N) is 1. The van der Waals surface area contributed by atoms with Crippen molar-refractivity contribution in [2.45, 2.75) is 13.0 Å². The Labute approximate surface area is 60.8 Å². The van der Waals surface area contributed by atoms with Crippen LogP contribution < -0.4 is 5.73 Å². The van der Waals surface area contributed by atoms with Crippen molar-refractivity contribution in [1.29, 1.82) is 0 Å². The number of hydrogen-bond acceptors (Lipinski definition) is 1. The maximum atomic E-state index is 5.66. The lowest BCUT2D eigenvalue weighted by atomic mass is 10.2. The van der Waals surface area contributed by atoms with Crippen molar-refractivity contribution in [3.8, 4) is 0 Å². The quantitative estimate of drug-likeness (QED) is 0.594. The molecule has 0 aromatic carbocycles. The number of rotatable bonds is 2. The van der Waals surface area contributed by atoms with Gasteiger partial charge in [-0.05, 0) is 18.6 Å². The lowest BCUT2D eigenvalue weighted by molar-refractivity contribution is 0.876. The van der Waals surface area contributed by atoms with E-state index in [0.29, 0.717) is 0 Å². The van der Waals surface area contributed by atoms with Gasteiger partial charge in [-0.3, -0.25) is 0 Å². The Bertz CT molecular complexity index is 225. The summed E-state index contributed by atoms with van der Waals surface area (Å²) in [6.07, 6.45) is 3.64. The third-order valence-corrected chi connectivity index (χ3v) is 1.46. The van der Waals surface area contributed by atoms with E-state index in [-0.39, 0.29) is 6.04 Å². The molecule has 0 amide bonds. The number of H-pyrrole nitrogens is 1. The average Bonchev–Trinajstić information content (AvgIpc) is 2.34. The van der Waals surface area contributed by atoms with Gasteiger partial charge in [0.05, 0.1) is 6.04 Å². The van der Waals surface area contributed by atoms with Gasteiger partial charge in [-0.2, -0.15) is 0 Å². The normalized spacial score (nSPS) is 13.0. The molecule has 0 bridgehead atoms. The van der Waals surface area contributed by atoms with Crippen molar-refractivity contribution in [3.05, 3.63) is 36.2 Å². The summed E-state index contributed by atoms with van der Waals surface area (Å²) in [5, 5.41) is 0. The molecule has 0 aliphatic rings. The molecular formula is C8H12N2. The first kappa shape index (κ1) is 7.09. The topological polar surface area (TPSA) is 41.8 Å². The van der Waals surface area contributed by atoms with Crippen LogP contribution in [0.2, 0.25) is 0 Å². The van der Waals surface area contributed by atoms with Gasteiger partial charge < -0.3 is 10.7 Å². The van der Waals surface area contributed by atoms with Crippen molar-refractivity contribution < 1.29 is 0 Å². The molecule has 1 atom stereocenters. The average molecular weight is 136 g/mol.